The zero-order chi connectivity index (χ0) is 31.3. The Bertz CT molecular complexity index is 1220. The molecule has 0 spiro atoms. The summed E-state index contributed by atoms with van der Waals surface area (Å²) >= 11 is 0. The quantitative estimate of drug-likeness (QED) is 0.282. The Hall–Kier alpha value is -1.64. The molecule has 0 aliphatic heterocycles. The molecule has 44 heavy (non-hydrogen) atoms. The lowest BCUT2D eigenvalue weighted by Gasteiger charge is -2.56. The molecule has 2 nitrogen and oxygen atoms in total. The van der Waals surface area contributed by atoms with Gasteiger partial charge in [-0.1, -0.05) is 105 Å². The van der Waals surface area contributed by atoms with Crippen LogP contribution in [0.15, 0.2) is 36.4 Å². The first-order valence-electron chi connectivity index (χ1n) is 18.6. The van der Waals surface area contributed by atoms with Crippen LogP contribution in [0.3, 0.4) is 0 Å². The average Bonchev–Trinajstić information content (AvgIpc) is 2.98. The molecule has 0 radical (unpaired) electrons. The third kappa shape index (κ3) is 5.63. The van der Waals surface area contributed by atoms with Crippen LogP contribution in [0.25, 0.3) is 0 Å². The summed E-state index contributed by atoms with van der Waals surface area (Å²) in [4.78, 5) is 0. The molecule has 4 aliphatic rings. The summed E-state index contributed by atoms with van der Waals surface area (Å²) in [6, 6.07) is 15.0. The zero-order valence-corrected chi connectivity index (χ0v) is 29.7. The zero-order valence-electron chi connectivity index (χ0n) is 29.7. The molecule has 2 N–H and O–H groups in total. The maximum atomic E-state index is 3.97. The Kier molecular flexibility index (Phi) is 8.95. The van der Waals surface area contributed by atoms with E-state index in [1.54, 1.807) is 22.3 Å². The fourth-order valence-corrected chi connectivity index (χ4v) is 11.4. The van der Waals surface area contributed by atoms with E-state index in [0.29, 0.717) is 33.5 Å². The maximum Gasteiger partial charge on any atom is 0.00769 e. The van der Waals surface area contributed by atoms with Crippen molar-refractivity contribution in [2.45, 2.75) is 142 Å². The van der Waals surface area contributed by atoms with Gasteiger partial charge in [0.1, 0.15) is 0 Å². The minimum absolute atomic E-state index is 0.327. The van der Waals surface area contributed by atoms with Gasteiger partial charge in [0, 0.05) is 26.2 Å². The molecule has 0 amide bonds. The van der Waals surface area contributed by atoms with Crippen molar-refractivity contribution in [1.82, 2.24) is 10.6 Å². The van der Waals surface area contributed by atoms with Gasteiger partial charge in [0.25, 0.3) is 0 Å². The summed E-state index contributed by atoms with van der Waals surface area (Å²) in [6.45, 7) is 24.2. The summed E-state index contributed by atoms with van der Waals surface area (Å²) < 4.78 is 0. The van der Waals surface area contributed by atoms with Gasteiger partial charge < -0.3 is 10.6 Å². The molecule has 242 valence electrons. The van der Waals surface area contributed by atoms with Crippen LogP contribution in [0.1, 0.15) is 152 Å². The first kappa shape index (κ1) is 32.3. The Morgan fingerprint density at radius 2 is 1.02 bits per heavy atom. The lowest BCUT2D eigenvalue weighted by molar-refractivity contribution is 0.0234. The SMILES string of the molecule is CC(C)c1ccc2c(c1)CCC1[C@](C)(CNCCNC[C@]3(C)CCC[C@]4(C)c5ccc(C(C)C)cc5CCC34)CCC[C@]21C. The Morgan fingerprint density at radius 3 is 1.41 bits per heavy atom. The third-order valence-electron chi connectivity index (χ3n) is 13.9. The normalized spacial score (nSPS) is 34.8. The van der Waals surface area contributed by atoms with Crippen molar-refractivity contribution in [3.63, 3.8) is 0 Å². The number of aryl methyl sites for hydroxylation is 2. The summed E-state index contributed by atoms with van der Waals surface area (Å²) in [5.74, 6) is 2.77. The Labute approximate surface area is 271 Å². The molecule has 4 aliphatic carbocycles. The predicted molar refractivity (Wildman–Crippen MR) is 189 cm³/mol. The molecule has 0 saturated heterocycles. The number of benzene rings is 2. The van der Waals surface area contributed by atoms with E-state index in [1.807, 2.05) is 0 Å². The average molecular weight is 597 g/mol. The fourth-order valence-electron chi connectivity index (χ4n) is 11.4. The molecule has 2 unspecified atom stereocenters. The van der Waals surface area contributed by atoms with Gasteiger partial charge in [-0.15, -0.1) is 0 Å². The second-order valence-electron chi connectivity index (χ2n) is 17.5. The largest absolute Gasteiger partial charge is 0.315 e. The predicted octanol–water partition coefficient (Wildman–Crippen LogP) is 9.83. The van der Waals surface area contributed by atoms with Gasteiger partial charge in [-0.2, -0.15) is 0 Å². The van der Waals surface area contributed by atoms with Crippen LogP contribution in [0.5, 0.6) is 0 Å². The highest BCUT2D eigenvalue weighted by Crippen LogP contribution is 2.58. The smallest absolute Gasteiger partial charge is 0.00769 e. The van der Waals surface area contributed by atoms with Crippen molar-refractivity contribution in [3.8, 4) is 0 Å². The number of hydrogen-bond donors (Lipinski definition) is 2. The lowest BCUT2D eigenvalue weighted by Crippen LogP contribution is -2.54. The van der Waals surface area contributed by atoms with Crippen LogP contribution in [0.4, 0.5) is 0 Å². The van der Waals surface area contributed by atoms with E-state index >= 15 is 0 Å². The molecule has 0 heterocycles. The monoisotopic (exact) mass is 597 g/mol. The van der Waals surface area contributed by atoms with Gasteiger partial charge >= 0.3 is 0 Å². The van der Waals surface area contributed by atoms with E-state index in [1.165, 1.54) is 75.3 Å². The van der Waals surface area contributed by atoms with Crippen LogP contribution in [0, 0.1) is 22.7 Å². The number of fused-ring (bicyclic) bond motifs is 6. The molecule has 2 aromatic carbocycles. The van der Waals surface area contributed by atoms with Gasteiger partial charge in [0.2, 0.25) is 0 Å². The molecule has 6 atom stereocenters. The van der Waals surface area contributed by atoms with E-state index in [9.17, 15) is 0 Å². The van der Waals surface area contributed by atoms with Crippen LogP contribution in [0.2, 0.25) is 0 Å². The molecule has 6 rings (SSSR count). The fraction of sp³-hybridized carbons (Fsp3) is 0.714. The molecular weight excluding hydrogens is 532 g/mol. The molecular formula is C42H64N2. The first-order chi connectivity index (χ1) is 20.9. The van der Waals surface area contributed by atoms with Crippen molar-refractivity contribution in [2.75, 3.05) is 26.2 Å². The van der Waals surface area contributed by atoms with Crippen molar-refractivity contribution < 1.29 is 0 Å². The van der Waals surface area contributed by atoms with Crippen molar-refractivity contribution in [2.24, 2.45) is 22.7 Å². The molecule has 2 saturated carbocycles. The first-order valence-corrected chi connectivity index (χ1v) is 18.6. The molecule has 0 bridgehead atoms. The van der Waals surface area contributed by atoms with Crippen molar-refractivity contribution in [3.05, 3.63) is 69.8 Å². The minimum Gasteiger partial charge on any atom is -0.315 e. The van der Waals surface area contributed by atoms with E-state index in [-0.39, 0.29) is 0 Å². The minimum atomic E-state index is 0.327. The number of hydrogen-bond acceptors (Lipinski definition) is 2. The van der Waals surface area contributed by atoms with Crippen LogP contribution >= 0.6 is 0 Å². The van der Waals surface area contributed by atoms with Gasteiger partial charge in [0.15, 0.2) is 0 Å². The van der Waals surface area contributed by atoms with Gasteiger partial charge in [-0.05, 0) is 130 Å². The van der Waals surface area contributed by atoms with Gasteiger partial charge in [-0.25, -0.2) is 0 Å². The maximum absolute atomic E-state index is 3.97. The summed E-state index contributed by atoms with van der Waals surface area (Å²) in [5.41, 5.74) is 11.1. The highest BCUT2D eigenvalue weighted by Gasteiger charge is 2.52. The highest BCUT2D eigenvalue weighted by molar-refractivity contribution is 5.43. The summed E-state index contributed by atoms with van der Waals surface area (Å²) in [5, 5.41) is 7.95. The second kappa shape index (κ2) is 12.2. The molecule has 2 fully saturated rings. The lowest BCUT2D eigenvalue weighted by atomic mass is 9.49. The van der Waals surface area contributed by atoms with E-state index in [0.717, 1.165) is 38.0 Å². The number of nitrogens with one attached hydrogen (secondary N) is 2. The van der Waals surface area contributed by atoms with Gasteiger partial charge in [-0.3, -0.25) is 0 Å². The molecule has 2 heteroatoms. The highest BCUT2D eigenvalue weighted by atomic mass is 15.0. The van der Waals surface area contributed by atoms with Crippen molar-refractivity contribution >= 4 is 0 Å². The van der Waals surface area contributed by atoms with E-state index in [2.05, 4.69) is 102 Å². The van der Waals surface area contributed by atoms with E-state index < -0.39 is 0 Å². The van der Waals surface area contributed by atoms with Gasteiger partial charge in [0.05, 0.1) is 0 Å². The standard InChI is InChI=1S/C42H64N2/c1-29(2)31-11-15-35-33(25-31)13-17-37-39(5,19-9-21-41(35,37)7)27-43-23-24-44-28-40(6)20-10-22-42(8)36-16-12-32(30(3)4)26-34(36)14-18-38(40)42/h11-12,15-16,25-26,29-30,37-38,43-44H,9-10,13-14,17-24,27-28H2,1-8H3/t37?,38?,39-,40-,41+,42+/m0/s1. The van der Waals surface area contributed by atoms with E-state index in [4.69, 9.17) is 0 Å². The Morgan fingerprint density at radius 1 is 0.614 bits per heavy atom. The number of rotatable bonds is 9. The van der Waals surface area contributed by atoms with Crippen LogP contribution < -0.4 is 10.6 Å². The van der Waals surface area contributed by atoms with Crippen LogP contribution in [-0.4, -0.2) is 26.2 Å². The topological polar surface area (TPSA) is 24.1 Å². The summed E-state index contributed by atoms with van der Waals surface area (Å²) in [6.07, 6.45) is 13.4. The second-order valence-corrected chi connectivity index (χ2v) is 17.5. The third-order valence-corrected chi connectivity index (χ3v) is 13.9. The molecule has 2 aromatic rings. The van der Waals surface area contributed by atoms with Crippen LogP contribution in [-0.2, 0) is 23.7 Å². The van der Waals surface area contributed by atoms with Crippen molar-refractivity contribution in [1.29, 1.82) is 0 Å². The Balaban J connectivity index is 1.04. The summed E-state index contributed by atoms with van der Waals surface area (Å²) in [7, 11) is 0. The molecule has 0 aromatic heterocycles.